The van der Waals surface area contributed by atoms with Crippen molar-refractivity contribution >= 4 is 5.65 Å². The van der Waals surface area contributed by atoms with Crippen molar-refractivity contribution in [2.45, 2.75) is 13.5 Å². The fourth-order valence-corrected chi connectivity index (χ4v) is 2.22. The van der Waals surface area contributed by atoms with E-state index < -0.39 is 0 Å². The van der Waals surface area contributed by atoms with Gasteiger partial charge in [0.15, 0.2) is 11.5 Å². The molecule has 0 unspecified atom stereocenters. The zero-order valence-corrected chi connectivity index (χ0v) is 10.1. The molecule has 1 fully saturated rings. The average molecular weight is 231 g/mol. The first-order valence-corrected chi connectivity index (χ1v) is 6.07. The van der Waals surface area contributed by atoms with Crippen molar-refractivity contribution in [3.8, 4) is 0 Å². The number of aryl methyl sites for hydroxylation is 1. The van der Waals surface area contributed by atoms with E-state index in [1.807, 2.05) is 16.6 Å². The highest BCUT2D eigenvalue weighted by atomic mass is 15.3. The fourth-order valence-electron chi connectivity index (χ4n) is 2.22. The van der Waals surface area contributed by atoms with Gasteiger partial charge in [0.25, 0.3) is 0 Å². The van der Waals surface area contributed by atoms with Crippen LogP contribution in [0.2, 0.25) is 0 Å². The molecule has 3 heterocycles. The van der Waals surface area contributed by atoms with Gasteiger partial charge in [0.1, 0.15) is 0 Å². The molecular weight excluding hydrogens is 214 g/mol. The smallest absolute Gasteiger partial charge is 0.165 e. The first-order valence-electron chi connectivity index (χ1n) is 6.07. The Balaban J connectivity index is 1.83. The monoisotopic (exact) mass is 231 g/mol. The van der Waals surface area contributed by atoms with Gasteiger partial charge in [-0.1, -0.05) is 6.07 Å². The van der Waals surface area contributed by atoms with Crippen LogP contribution in [0.25, 0.3) is 5.65 Å². The van der Waals surface area contributed by atoms with Gasteiger partial charge in [-0.05, 0) is 19.1 Å². The van der Waals surface area contributed by atoms with Crippen LogP contribution < -0.4 is 5.32 Å². The van der Waals surface area contributed by atoms with Gasteiger partial charge in [0, 0.05) is 31.9 Å². The molecular formula is C12H17N5. The second kappa shape index (κ2) is 4.43. The molecule has 0 aromatic carbocycles. The van der Waals surface area contributed by atoms with E-state index in [4.69, 9.17) is 0 Å². The number of nitrogens with one attached hydrogen (secondary N) is 1. The maximum absolute atomic E-state index is 4.56. The Kier molecular flexibility index (Phi) is 2.78. The largest absolute Gasteiger partial charge is 0.314 e. The minimum Gasteiger partial charge on any atom is -0.314 e. The zero-order chi connectivity index (χ0) is 11.7. The van der Waals surface area contributed by atoms with E-state index in [1.165, 1.54) is 0 Å². The maximum atomic E-state index is 4.56. The Labute approximate surface area is 100 Å². The molecule has 2 aromatic heterocycles. The minimum absolute atomic E-state index is 0.850. The zero-order valence-electron chi connectivity index (χ0n) is 10.1. The summed E-state index contributed by atoms with van der Waals surface area (Å²) >= 11 is 0. The van der Waals surface area contributed by atoms with Crippen LogP contribution in [0.1, 0.15) is 11.5 Å². The molecule has 3 rings (SSSR count). The Hall–Kier alpha value is -1.46. The summed E-state index contributed by atoms with van der Waals surface area (Å²) in [6.45, 7) is 7.18. The highest BCUT2D eigenvalue weighted by Crippen LogP contribution is 2.07. The molecule has 0 aliphatic carbocycles. The van der Waals surface area contributed by atoms with E-state index in [9.17, 15) is 0 Å². The van der Waals surface area contributed by atoms with E-state index in [1.54, 1.807) is 0 Å². The molecule has 0 amide bonds. The lowest BCUT2D eigenvalue weighted by atomic mass is 10.3. The van der Waals surface area contributed by atoms with Crippen LogP contribution in [-0.2, 0) is 6.54 Å². The summed E-state index contributed by atoms with van der Waals surface area (Å²) in [5.74, 6) is 0.918. The highest BCUT2D eigenvalue weighted by Gasteiger charge is 2.13. The van der Waals surface area contributed by atoms with Crippen LogP contribution in [0, 0.1) is 6.92 Å². The highest BCUT2D eigenvalue weighted by molar-refractivity contribution is 5.38. The van der Waals surface area contributed by atoms with E-state index in [2.05, 4.69) is 33.3 Å². The van der Waals surface area contributed by atoms with Crippen molar-refractivity contribution in [1.29, 1.82) is 0 Å². The van der Waals surface area contributed by atoms with E-state index in [-0.39, 0.29) is 0 Å². The quantitative estimate of drug-likeness (QED) is 0.815. The standard InChI is InChI=1S/C12H17N5/c1-10-3-2-4-12-14-11(15-17(10)12)9-16-7-5-13-6-8-16/h2-4,13H,5-9H2,1H3. The summed E-state index contributed by atoms with van der Waals surface area (Å²) < 4.78 is 1.91. The summed E-state index contributed by atoms with van der Waals surface area (Å²) in [6.07, 6.45) is 0. The molecule has 0 saturated carbocycles. The van der Waals surface area contributed by atoms with E-state index in [0.717, 1.165) is 49.9 Å². The number of hydrogen-bond donors (Lipinski definition) is 1. The van der Waals surface area contributed by atoms with Gasteiger partial charge in [0.2, 0.25) is 0 Å². The molecule has 1 N–H and O–H groups in total. The molecule has 2 aromatic rings. The Morgan fingerprint density at radius 2 is 2.12 bits per heavy atom. The Morgan fingerprint density at radius 3 is 2.88 bits per heavy atom. The van der Waals surface area contributed by atoms with Gasteiger partial charge in [-0.3, -0.25) is 4.90 Å². The van der Waals surface area contributed by atoms with Crippen LogP contribution in [0.15, 0.2) is 18.2 Å². The van der Waals surface area contributed by atoms with Crippen molar-refractivity contribution in [3.05, 3.63) is 29.7 Å². The van der Waals surface area contributed by atoms with Crippen LogP contribution in [-0.4, -0.2) is 45.7 Å². The normalized spacial score (nSPS) is 17.7. The van der Waals surface area contributed by atoms with Crippen molar-refractivity contribution in [2.75, 3.05) is 26.2 Å². The average Bonchev–Trinajstić information content (AvgIpc) is 2.74. The molecule has 0 bridgehead atoms. The van der Waals surface area contributed by atoms with Crippen LogP contribution in [0.5, 0.6) is 0 Å². The molecule has 1 aliphatic rings. The molecule has 90 valence electrons. The molecule has 0 atom stereocenters. The van der Waals surface area contributed by atoms with Crippen molar-refractivity contribution in [2.24, 2.45) is 0 Å². The lowest BCUT2D eigenvalue weighted by Gasteiger charge is -2.25. The molecule has 17 heavy (non-hydrogen) atoms. The van der Waals surface area contributed by atoms with Gasteiger partial charge < -0.3 is 5.32 Å². The van der Waals surface area contributed by atoms with Gasteiger partial charge in [-0.25, -0.2) is 9.50 Å². The molecule has 0 spiro atoms. The first-order chi connectivity index (χ1) is 8.33. The molecule has 5 nitrogen and oxygen atoms in total. The van der Waals surface area contributed by atoms with Gasteiger partial charge >= 0.3 is 0 Å². The first kappa shape index (κ1) is 10.7. The molecule has 1 saturated heterocycles. The topological polar surface area (TPSA) is 45.5 Å². The fraction of sp³-hybridized carbons (Fsp3) is 0.500. The van der Waals surface area contributed by atoms with Crippen molar-refractivity contribution < 1.29 is 0 Å². The molecule has 5 heteroatoms. The third-order valence-corrected chi connectivity index (χ3v) is 3.17. The number of aromatic nitrogens is 3. The van der Waals surface area contributed by atoms with Gasteiger partial charge in [-0.15, -0.1) is 5.10 Å². The molecule has 1 aliphatic heterocycles. The second-order valence-corrected chi connectivity index (χ2v) is 4.49. The number of pyridine rings is 1. The number of nitrogens with zero attached hydrogens (tertiary/aromatic N) is 4. The lowest BCUT2D eigenvalue weighted by molar-refractivity contribution is 0.228. The minimum atomic E-state index is 0.850. The summed E-state index contributed by atoms with van der Waals surface area (Å²) in [4.78, 5) is 6.95. The predicted molar refractivity (Wildman–Crippen MR) is 65.9 cm³/mol. The second-order valence-electron chi connectivity index (χ2n) is 4.49. The Bertz CT molecular complexity index is 513. The Morgan fingerprint density at radius 1 is 1.29 bits per heavy atom. The van der Waals surface area contributed by atoms with E-state index >= 15 is 0 Å². The lowest BCUT2D eigenvalue weighted by Crippen LogP contribution is -2.43. The number of rotatable bonds is 2. The third-order valence-electron chi connectivity index (χ3n) is 3.17. The number of fused-ring (bicyclic) bond motifs is 1. The number of hydrogen-bond acceptors (Lipinski definition) is 4. The van der Waals surface area contributed by atoms with E-state index in [0.29, 0.717) is 0 Å². The van der Waals surface area contributed by atoms with Gasteiger partial charge in [-0.2, -0.15) is 0 Å². The van der Waals surface area contributed by atoms with Crippen LogP contribution in [0.3, 0.4) is 0 Å². The molecule has 0 radical (unpaired) electrons. The van der Waals surface area contributed by atoms with Gasteiger partial charge in [0.05, 0.1) is 6.54 Å². The maximum Gasteiger partial charge on any atom is 0.165 e. The summed E-state index contributed by atoms with van der Waals surface area (Å²) in [7, 11) is 0. The summed E-state index contributed by atoms with van der Waals surface area (Å²) in [6, 6.07) is 6.07. The summed E-state index contributed by atoms with van der Waals surface area (Å²) in [5, 5.41) is 7.90. The SMILES string of the molecule is Cc1cccc2nc(CN3CCNCC3)nn12. The predicted octanol–water partition coefficient (Wildman–Crippen LogP) is 0.443. The third kappa shape index (κ3) is 2.16. The van der Waals surface area contributed by atoms with Crippen molar-refractivity contribution in [3.63, 3.8) is 0 Å². The number of piperazine rings is 1. The summed E-state index contributed by atoms with van der Waals surface area (Å²) in [5.41, 5.74) is 2.07. The van der Waals surface area contributed by atoms with Crippen LogP contribution in [0.4, 0.5) is 0 Å². The van der Waals surface area contributed by atoms with Crippen LogP contribution >= 0.6 is 0 Å². The van der Waals surface area contributed by atoms with Crippen molar-refractivity contribution in [1.82, 2.24) is 24.8 Å².